The molecule has 1 aromatic rings. The van der Waals surface area contributed by atoms with Crippen molar-refractivity contribution < 1.29 is 4.74 Å². The number of rotatable bonds is 10. The van der Waals surface area contributed by atoms with E-state index in [1.807, 2.05) is 12.1 Å². The minimum absolute atomic E-state index is 0.782. The van der Waals surface area contributed by atoms with Crippen molar-refractivity contribution in [3.05, 3.63) is 28.8 Å². The fourth-order valence-electron chi connectivity index (χ4n) is 2.27. The van der Waals surface area contributed by atoms with Crippen LogP contribution in [-0.4, -0.2) is 38.2 Å². The standard InChI is InChI=1S/C16H27ClN2O/c1-3-10-19(11-5-4-9-18)12-8-14-6-7-15(20-2)13-16(14)17/h6-7,13H,3-5,8-12,18H2,1-2H3. The number of hydrogen-bond donors (Lipinski definition) is 1. The third-order valence-corrected chi connectivity index (χ3v) is 3.78. The van der Waals surface area contributed by atoms with Crippen molar-refractivity contribution in [1.82, 2.24) is 4.90 Å². The van der Waals surface area contributed by atoms with E-state index in [0.29, 0.717) is 0 Å². The van der Waals surface area contributed by atoms with E-state index in [1.165, 1.54) is 18.4 Å². The van der Waals surface area contributed by atoms with Gasteiger partial charge in [-0.05, 0) is 63.0 Å². The summed E-state index contributed by atoms with van der Waals surface area (Å²) in [6, 6.07) is 5.92. The summed E-state index contributed by atoms with van der Waals surface area (Å²) in [4.78, 5) is 2.50. The van der Waals surface area contributed by atoms with Crippen molar-refractivity contribution in [3.63, 3.8) is 0 Å². The highest BCUT2D eigenvalue weighted by molar-refractivity contribution is 6.31. The summed E-state index contributed by atoms with van der Waals surface area (Å²) in [7, 11) is 1.66. The molecule has 0 fully saturated rings. The third-order valence-electron chi connectivity index (χ3n) is 3.43. The number of benzene rings is 1. The summed E-state index contributed by atoms with van der Waals surface area (Å²) < 4.78 is 5.17. The number of halogens is 1. The lowest BCUT2D eigenvalue weighted by molar-refractivity contribution is 0.272. The molecule has 0 aromatic heterocycles. The van der Waals surface area contributed by atoms with Crippen LogP contribution < -0.4 is 10.5 Å². The van der Waals surface area contributed by atoms with E-state index < -0.39 is 0 Å². The van der Waals surface area contributed by atoms with Crippen LogP contribution in [0.4, 0.5) is 0 Å². The normalized spacial score (nSPS) is 11.1. The van der Waals surface area contributed by atoms with Gasteiger partial charge in [-0.1, -0.05) is 24.6 Å². The van der Waals surface area contributed by atoms with E-state index in [4.69, 9.17) is 22.1 Å². The molecule has 4 heteroatoms. The summed E-state index contributed by atoms with van der Waals surface area (Å²) in [5.74, 6) is 0.812. The molecule has 0 bridgehead atoms. The number of methoxy groups -OCH3 is 1. The van der Waals surface area contributed by atoms with Crippen LogP contribution in [0.1, 0.15) is 31.7 Å². The number of hydrogen-bond acceptors (Lipinski definition) is 3. The Balaban J connectivity index is 2.49. The van der Waals surface area contributed by atoms with Gasteiger partial charge < -0.3 is 15.4 Å². The monoisotopic (exact) mass is 298 g/mol. The van der Waals surface area contributed by atoms with Crippen molar-refractivity contribution in [2.45, 2.75) is 32.6 Å². The number of nitrogens with two attached hydrogens (primary N) is 1. The first kappa shape index (κ1) is 17.3. The molecule has 0 aliphatic carbocycles. The number of unbranched alkanes of at least 4 members (excludes halogenated alkanes) is 1. The van der Waals surface area contributed by atoms with Crippen LogP contribution in [0.2, 0.25) is 5.02 Å². The van der Waals surface area contributed by atoms with E-state index in [9.17, 15) is 0 Å². The van der Waals surface area contributed by atoms with Gasteiger partial charge in [0.15, 0.2) is 0 Å². The molecule has 0 unspecified atom stereocenters. The summed E-state index contributed by atoms with van der Waals surface area (Å²) in [5, 5.41) is 0.794. The predicted molar refractivity (Wildman–Crippen MR) is 86.7 cm³/mol. The minimum atomic E-state index is 0.782. The van der Waals surface area contributed by atoms with Gasteiger partial charge in [-0.2, -0.15) is 0 Å². The Hall–Kier alpha value is -0.770. The smallest absolute Gasteiger partial charge is 0.120 e. The SMILES string of the molecule is CCCN(CCCCN)CCc1ccc(OC)cc1Cl. The molecular weight excluding hydrogens is 272 g/mol. The fourth-order valence-corrected chi connectivity index (χ4v) is 2.53. The van der Waals surface area contributed by atoms with Crippen LogP contribution in [0.15, 0.2) is 18.2 Å². The van der Waals surface area contributed by atoms with Gasteiger partial charge in [-0.25, -0.2) is 0 Å². The molecule has 0 heterocycles. The molecule has 1 aromatic carbocycles. The minimum Gasteiger partial charge on any atom is -0.497 e. The summed E-state index contributed by atoms with van der Waals surface area (Å²) >= 11 is 6.28. The first-order chi connectivity index (χ1) is 9.71. The molecule has 114 valence electrons. The second kappa shape index (κ2) is 10.0. The molecule has 20 heavy (non-hydrogen) atoms. The van der Waals surface area contributed by atoms with Gasteiger partial charge in [0.2, 0.25) is 0 Å². The highest BCUT2D eigenvalue weighted by atomic mass is 35.5. The molecule has 3 nitrogen and oxygen atoms in total. The summed E-state index contributed by atoms with van der Waals surface area (Å²) in [5.41, 5.74) is 6.74. The highest BCUT2D eigenvalue weighted by Gasteiger charge is 2.07. The van der Waals surface area contributed by atoms with Crippen molar-refractivity contribution in [2.75, 3.05) is 33.3 Å². The van der Waals surface area contributed by atoms with Crippen LogP contribution in [0.3, 0.4) is 0 Å². The van der Waals surface area contributed by atoms with Crippen LogP contribution in [0.5, 0.6) is 5.75 Å². The zero-order valence-electron chi connectivity index (χ0n) is 12.7. The van der Waals surface area contributed by atoms with E-state index in [2.05, 4.69) is 17.9 Å². The van der Waals surface area contributed by atoms with Gasteiger partial charge in [0, 0.05) is 11.6 Å². The average molecular weight is 299 g/mol. The lowest BCUT2D eigenvalue weighted by atomic mass is 10.1. The quantitative estimate of drug-likeness (QED) is 0.673. The van der Waals surface area contributed by atoms with Crippen molar-refractivity contribution in [2.24, 2.45) is 5.73 Å². The van der Waals surface area contributed by atoms with Crippen LogP contribution >= 0.6 is 11.6 Å². The number of ether oxygens (including phenoxy) is 1. The molecule has 0 aliphatic rings. The van der Waals surface area contributed by atoms with Crippen molar-refractivity contribution in [3.8, 4) is 5.75 Å². The van der Waals surface area contributed by atoms with E-state index >= 15 is 0 Å². The average Bonchev–Trinajstić information content (AvgIpc) is 2.45. The fraction of sp³-hybridized carbons (Fsp3) is 0.625. The second-order valence-electron chi connectivity index (χ2n) is 5.04. The molecule has 0 atom stereocenters. The Labute approximate surface area is 128 Å². The second-order valence-corrected chi connectivity index (χ2v) is 5.45. The molecule has 2 N–H and O–H groups in total. The first-order valence-corrected chi connectivity index (χ1v) is 7.83. The van der Waals surface area contributed by atoms with Gasteiger partial charge in [-0.15, -0.1) is 0 Å². The van der Waals surface area contributed by atoms with Gasteiger partial charge in [0.25, 0.3) is 0 Å². The largest absolute Gasteiger partial charge is 0.497 e. The van der Waals surface area contributed by atoms with E-state index in [1.54, 1.807) is 7.11 Å². The zero-order valence-corrected chi connectivity index (χ0v) is 13.5. The molecule has 0 spiro atoms. The number of nitrogens with zero attached hydrogens (tertiary/aromatic N) is 1. The Bertz CT molecular complexity index is 385. The zero-order chi connectivity index (χ0) is 14.8. The Morgan fingerprint density at radius 2 is 2.00 bits per heavy atom. The van der Waals surface area contributed by atoms with Crippen LogP contribution in [-0.2, 0) is 6.42 Å². The van der Waals surface area contributed by atoms with Gasteiger partial charge in [0.1, 0.15) is 5.75 Å². The van der Waals surface area contributed by atoms with Gasteiger partial charge in [0.05, 0.1) is 7.11 Å². The van der Waals surface area contributed by atoms with Crippen molar-refractivity contribution in [1.29, 1.82) is 0 Å². The van der Waals surface area contributed by atoms with Crippen LogP contribution in [0, 0.1) is 0 Å². The molecule has 0 saturated carbocycles. The molecule has 0 aliphatic heterocycles. The molecule has 1 rings (SSSR count). The summed E-state index contributed by atoms with van der Waals surface area (Å²) in [6.45, 7) is 6.31. The Morgan fingerprint density at radius 1 is 1.20 bits per heavy atom. The Kier molecular flexibility index (Phi) is 8.67. The van der Waals surface area contributed by atoms with Crippen LogP contribution in [0.25, 0.3) is 0 Å². The highest BCUT2D eigenvalue weighted by Crippen LogP contribution is 2.22. The van der Waals surface area contributed by atoms with Crippen molar-refractivity contribution >= 4 is 11.6 Å². The maximum atomic E-state index is 6.28. The van der Waals surface area contributed by atoms with Gasteiger partial charge >= 0.3 is 0 Å². The van der Waals surface area contributed by atoms with Gasteiger partial charge in [-0.3, -0.25) is 0 Å². The molecule has 0 radical (unpaired) electrons. The molecule has 0 saturated heterocycles. The maximum Gasteiger partial charge on any atom is 0.120 e. The first-order valence-electron chi connectivity index (χ1n) is 7.46. The Morgan fingerprint density at radius 3 is 2.60 bits per heavy atom. The topological polar surface area (TPSA) is 38.5 Å². The van der Waals surface area contributed by atoms with E-state index in [-0.39, 0.29) is 0 Å². The lowest BCUT2D eigenvalue weighted by Gasteiger charge is -2.21. The summed E-state index contributed by atoms with van der Waals surface area (Å²) in [6.07, 6.45) is 4.43. The molecule has 0 amide bonds. The third kappa shape index (κ3) is 6.12. The predicted octanol–water partition coefficient (Wildman–Crippen LogP) is 3.34. The lowest BCUT2D eigenvalue weighted by Crippen LogP contribution is -2.28. The van der Waals surface area contributed by atoms with E-state index in [0.717, 1.165) is 49.8 Å². The maximum absolute atomic E-state index is 6.28. The molecular formula is C16H27ClN2O.